The molecule has 0 saturated carbocycles. The minimum Gasteiger partial charge on any atom is -0.318 e. The van der Waals surface area contributed by atoms with Gasteiger partial charge in [-0.3, -0.25) is 0 Å². The lowest BCUT2D eigenvalue weighted by atomic mass is 9.85. The fraction of sp³-hybridized carbons (Fsp3) is 0.219. The molecule has 6 nitrogen and oxygen atoms in total. The Morgan fingerprint density at radius 2 is 0.595 bits per heavy atom. The first-order chi connectivity index (χ1) is 37.6. The zero-order valence-electron chi connectivity index (χ0n) is 47.3. The highest BCUT2D eigenvalue weighted by Crippen LogP contribution is 2.50. The summed E-state index contributed by atoms with van der Waals surface area (Å²) in [5, 5.41) is 30.6. The first-order valence-corrected chi connectivity index (χ1v) is 27.4. The van der Waals surface area contributed by atoms with Crippen LogP contribution >= 0.6 is 0 Å². The summed E-state index contributed by atoms with van der Waals surface area (Å²) >= 11 is 0. The highest BCUT2D eigenvalue weighted by atomic mass is 15.1. The predicted molar refractivity (Wildman–Crippen MR) is 331 cm³/mol. The molecule has 0 spiro atoms. The monoisotopic (exact) mass is 1020 g/mol. The second-order valence-corrected chi connectivity index (χ2v) is 25.6. The Morgan fingerprint density at radius 3 is 0.861 bits per heavy atom. The number of hydrogen-bond donors (Lipinski definition) is 0. The summed E-state index contributed by atoms with van der Waals surface area (Å²) in [5.41, 5.74) is 15.4. The van der Waals surface area contributed by atoms with Crippen molar-refractivity contribution in [2.75, 3.05) is 0 Å². The summed E-state index contributed by atoms with van der Waals surface area (Å²) in [4.78, 5) is 4.59. The van der Waals surface area contributed by atoms with Gasteiger partial charge < -0.3 is 13.7 Å². The molecule has 0 atom stereocenters. The van der Waals surface area contributed by atoms with Crippen LogP contribution in [-0.2, 0) is 21.7 Å². The average Bonchev–Trinajstić information content (AvgIpc) is 4.06. The summed E-state index contributed by atoms with van der Waals surface area (Å²) in [6.45, 7) is 36.3. The minimum atomic E-state index is -0.174. The van der Waals surface area contributed by atoms with Crippen molar-refractivity contribution in [2.24, 2.45) is 0 Å². The van der Waals surface area contributed by atoms with E-state index >= 15 is 0 Å². The van der Waals surface area contributed by atoms with Crippen molar-refractivity contribution < 1.29 is 0 Å². The van der Waals surface area contributed by atoms with Crippen molar-refractivity contribution in [3.8, 4) is 51.5 Å². The van der Waals surface area contributed by atoms with Gasteiger partial charge in [-0.2, -0.15) is 10.5 Å². The third-order valence-electron chi connectivity index (χ3n) is 16.4. The van der Waals surface area contributed by atoms with Gasteiger partial charge in [0.05, 0.1) is 67.9 Å². The number of benzene rings is 9. The maximum Gasteiger partial charge on any atom is 0.236 e. The van der Waals surface area contributed by atoms with Crippen molar-refractivity contribution in [1.29, 1.82) is 10.5 Å². The van der Waals surface area contributed by atoms with Crippen LogP contribution in [0.1, 0.15) is 116 Å². The summed E-state index contributed by atoms with van der Waals surface area (Å²) in [6.07, 6.45) is 0. The summed E-state index contributed by atoms with van der Waals surface area (Å²) in [7, 11) is 0. The number of nitrogens with zero attached hydrogens (tertiary/aromatic N) is 6. The molecule has 0 aliphatic heterocycles. The third-order valence-corrected chi connectivity index (χ3v) is 16.4. The highest BCUT2D eigenvalue weighted by molar-refractivity contribution is 6.15. The van der Waals surface area contributed by atoms with Gasteiger partial charge >= 0.3 is 0 Å². The lowest BCUT2D eigenvalue weighted by molar-refractivity contribution is 0.590. The second kappa shape index (κ2) is 18.0. The van der Waals surface area contributed by atoms with E-state index in [0.29, 0.717) is 17.1 Å². The molecule has 0 bridgehead atoms. The van der Waals surface area contributed by atoms with Crippen molar-refractivity contribution in [1.82, 2.24) is 13.7 Å². The number of nitriles is 2. The molecule has 9 aromatic carbocycles. The van der Waals surface area contributed by atoms with Gasteiger partial charge in [-0.1, -0.05) is 180 Å². The number of hydrogen-bond acceptors (Lipinski definition) is 2. The first kappa shape index (κ1) is 50.7. The Labute approximate surface area is 463 Å². The number of aromatic nitrogens is 3. The van der Waals surface area contributed by atoms with E-state index < -0.39 is 0 Å². The van der Waals surface area contributed by atoms with E-state index in [1.807, 2.05) is 12.1 Å². The zero-order chi connectivity index (χ0) is 55.7. The maximum atomic E-state index is 12.3. The molecular weight excluding hydrogens is 961 g/mol. The second-order valence-electron chi connectivity index (χ2n) is 25.6. The standard InChI is InChI=1S/C73H64N6/c1-70(2,3)48-26-32-62-54(38-48)52-36-46(44-20-16-14-17-21-44)24-30-60(52)77(62)67-58(42-74)68(78-61-31-25-47(45-22-18-15-19-23-45)37-53(61)55-39-49(71(4,5)6)27-33-63(55)78)66(76-13)69(59(67)43-75)79-64-34-28-50(72(7,8)9)40-56(64)57-41-51(73(10,11)12)29-35-65(57)79/h14-41H,1-12H3. The lowest BCUT2D eigenvalue weighted by Crippen LogP contribution is -2.13. The van der Waals surface area contributed by atoms with Gasteiger partial charge in [-0.05, 0) is 139 Å². The summed E-state index contributed by atoms with van der Waals surface area (Å²) in [5.74, 6) is 0. The molecule has 3 heterocycles. The number of fused-ring (bicyclic) bond motifs is 9. The Hall–Kier alpha value is -9.15. The quantitative estimate of drug-likeness (QED) is 0.161. The fourth-order valence-electron chi connectivity index (χ4n) is 12.0. The largest absolute Gasteiger partial charge is 0.318 e. The van der Waals surface area contributed by atoms with Crippen molar-refractivity contribution in [2.45, 2.75) is 105 Å². The Kier molecular flexibility index (Phi) is 11.5. The highest BCUT2D eigenvalue weighted by Gasteiger charge is 2.34. The SMILES string of the molecule is [C-]#[N+]c1c(-n2c3ccc(-c4ccccc4)cc3c3cc(C(C)(C)C)ccc32)c(C#N)c(-n2c3ccc(-c4ccccc4)cc3c3cc(C(C)(C)C)ccc32)c(C#N)c1-n1c2ccc(C(C)(C)C)cc2c2cc(C(C)(C)C)ccc21. The molecule has 12 aromatic rings. The van der Waals surface area contributed by atoms with Gasteiger partial charge in [0.15, 0.2) is 0 Å². The molecule has 0 amide bonds. The number of rotatable bonds is 5. The molecule has 79 heavy (non-hydrogen) atoms. The van der Waals surface area contributed by atoms with E-state index in [1.54, 1.807) is 0 Å². The van der Waals surface area contributed by atoms with Crippen LogP contribution in [-0.4, -0.2) is 13.7 Å². The Bertz CT molecular complexity index is 4360. The molecule has 3 aromatic heterocycles. The van der Waals surface area contributed by atoms with Crippen LogP contribution in [0.4, 0.5) is 5.69 Å². The van der Waals surface area contributed by atoms with Crippen molar-refractivity contribution >= 4 is 71.1 Å². The van der Waals surface area contributed by atoms with Crippen molar-refractivity contribution in [3.63, 3.8) is 0 Å². The minimum absolute atomic E-state index is 0.161. The van der Waals surface area contributed by atoms with Crippen LogP contribution in [0.2, 0.25) is 0 Å². The fourth-order valence-corrected chi connectivity index (χ4v) is 12.0. The molecule has 0 unspecified atom stereocenters. The van der Waals surface area contributed by atoms with Gasteiger partial charge in [0, 0.05) is 32.3 Å². The molecule has 386 valence electrons. The lowest BCUT2D eigenvalue weighted by Gasteiger charge is -2.24. The van der Waals surface area contributed by atoms with Crippen LogP contribution in [0.25, 0.3) is 110 Å². The molecule has 0 aliphatic rings. The van der Waals surface area contributed by atoms with Crippen LogP contribution < -0.4 is 0 Å². The van der Waals surface area contributed by atoms with Gasteiger partial charge in [0.2, 0.25) is 5.69 Å². The van der Waals surface area contributed by atoms with Crippen molar-refractivity contribution in [3.05, 3.63) is 215 Å². The van der Waals surface area contributed by atoms with E-state index in [4.69, 9.17) is 0 Å². The molecular formula is C73H64N6. The summed E-state index contributed by atoms with van der Waals surface area (Å²) < 4.78 is 6.45. The molecule has 0 N–H and O–H groups in total. The van der Waals surface area contributed by atoms with Gasteiger partial charge in [-0.25, -0.2) is 4.85 Å². The Balaban J connectivity index is 1.32. The van der Waals surface area contributed by atoms with Gasteiger partial charge in [-0.15, -0.1) is 0 Å². The van der Waals surface area contributed by atoms with Gasteiger partial charge in [0.25, 0.3) is 0 Å². The van der Waals surface area contributed by atoms with E-state index in [0.717, 1.165) is 87.7 Å². The van der Waals surface area contributed by atoms with E-state index in [9.17, 15) is 17.1 Å². The molecule has 0 radical (unpaired) electrons. The summed E-state index contributed by atoms with van der Waals surface area (Å²) in [6, 6.07) is 65.9. The normalized spacial score (nSPS) is 12.5. The van der Waals surface area contributed by atoms with E-state index in [2.05, 4.69) is 271 Å². The van der Waals surface area contributed by atoms with Crippen LogP contribution in [0.5, 0.6) is 0 Å². The van der Waals surface area contributed by atoms with Crippen LogP contribution in [0, 0.1) is 29.2 Å². The van der Waals surface area contributed by atoms with E-state index in [1.165, 1.54) is 22.3 Å². The molecule has 12 rings (SSSR count). The topological polar surface area (TPSA) is 66.7 Å². The smallest absolute Gasteiger partial charge is 0.236 e. The van der Waals surface area contributed by atoms with Crippen LogP contribution in [0.3, 0.4) is 0 Å². The first-order valence-electron chi connectivity index (χ1n) is 27.4. The third kappa shape index (κ3) is 8.10. The predicted octanol–water partition coefficient (Wildman–Crippen LogP) is 19.8. The zero-order valence-corrected chi connectivity index (χ0v) is 47.3. The molecule has 0 saturated heterocycles. The molecule has 0 aliphatic carbocycles. The van der Waals surface area contributed by atoms with E-state index in [-0.39, 0.29) is 38.5 Å². The van der Waals surface area contributed by atoms with Crippen LogP contribution in [0.15, 0.2) is 170 Å². The van der Waals surface area contributed by atoms with Gasteiger partial charge in [0.1, 0.15) is 12.1 Å². The molecule has 0 fully saturated rings. The maximum absolute atomic E-state index is 12.3. The molecule has 6 heteroatoms. The Morgan fingerprint density at radius 1 is 0.329 bits per heavy atom. The average molecular weight is 1030 g/mol.